The Balaban J connectivity index is 1.76. The molecule has 4 rings (SSSR count). The van der Waals surface area contributed by atoms with Crippen LogP contribution in [0.15, 0.2) is 59.7 Å². The summed E-state index contributed by atoms with van der Waals surface area (Å²) in [4.78, 5) is 0. The van der Waals surface area contributed by atoms with Crippen LogP contribution in [0.2, 0.25) is 5.15 Å². The van der Waals surface area contributed by atoms with Gasteiger partial charge in [-0.15, -0.1) is 0 Å². The zero-order chi connectivity index (χ0) is 19.7. The molecule has 9 heteroatoms. The average molecular weight is 413 g/mol. The van der Waals surface area contributed by atoms with Gasteiger partial charge in [-0.05, 0) is 43.4 Å². The van der Waals surface area contributed by atoms with E-state index in [9.17, 15) is 4.39 Å². The van der Waals surface area contributed by atoms with Crippen LogP contribution in [-0.4, -0.2) is 30.9 Å². The summed E-state index contributed by atoms with van der Waals surface area (Å²) < 4.78 is 17.4. The number of rotatable bonds is 4. The molecule has 0 aliphatic heterocycles. The van der Waals surface area contributed by atoms with Gasteiger partial charge in [-0.25, -0.2) is 14.2 Å². The number of benzene rings is 2. The molecule has 6 nitrogen and oxygen atoms in total. The summed E-state index contributed by atoms with van der Waals surface area (Å²) in [5, 5.41) is 16.0. The van der Waals surface area contributed by atoms with Crippen LogP contribution >= 0.6 is 23.8 Å². The van der Waals surface area contributed by atoms with Crippen molar-refractivity contribution in [1.29, 1.82) is 0 Å². The van der Waals surface area contributed by atoms with Crippen LogP contribution in [0.1, 0.15) is 11.3 Å². The van der Waals surface area contributed by atoms with Crippen LogP contribution in [-0.2, 0) is 0 Å². The maximum Gasteiger partial charge on any atom is 0.216 e. The molecule has 0 aliphatic carbocycles. The molecule has 2 aromatic carbocycles. The third-order valence-electron chi connectivity index (χ3n) is 4.12. The second-order valence-electron chi connectivity index (χ2n) is 5.93. The van der Waals surface area contributed by atoms with Crippen molar-refractivity contribution in [3.63, 3.8) is 0 Å². The second kappa shape index (κ2) is 7.49. The van der Waals surface area contributed by atoms with Crippen LogP contribution in [0.4, 0.5) is 4.39 Å². The predicted molar refractivity (Wildman–Crippen MR) is 109 cm³/mol. The van der Waals surface area contributed by atoms with Gasteiger partial charge in [-0.3, -0.25) is 0 Å². The Kier molecular flexibility index (Phi) is 4.89. The van der Waals surface area contributed by atoms with Crippen LogP contribution in [0.25, 0.3) is 17.1 Å². The maximum absolute atomic E-state index is 14.2. The van der Waals surface area contributed by atoms with Gasteiger partial charge in [0.15, 0.2) is 5.82 Å². The van der Waals surface area contributed by atoms with Crippen molar-refractivity contribution in [3.8, 4) is 17.1 Å². The number of hydrogen-bond donors (Lipinski definition) is 1. The lowest BCUT2D eigenvalue weighted by atomic mass is 10.2. The number of nitrogens with zero attached hydrogens (tertiary/aromatic N) is 5. The molecule has 1 N–H and O–H groups in total. The van der Waals surface area contributed by atoms with Gasteiger partial charge in [-0.1, -0.05) is 41.9 Å². The minimum atomic E-state index is -0.418. The highest BCUT2D eigenvalue weighted by atomic mass is 35.5. The van der Waals surface area contributed by atoms with E-state index in [1.54, 1.807) is 29.1 Å². The first-order valence-electron chi connectivity index (χ1n) is 8.33. The highest BCUT2D eigenvalue weighted by Crippen LogP contribution is 2.23. The molecule has 0 spiro atoms. The minimum absolute atomic E-state index is 0.235. The number of hydrogen-bond acceptors (Lipinski definition) is 4. The summed E-state index contributed by atoms with van der Waals surface area (Å²) in [5.74, 6) is -0.150. The van der Waals surface area contributed by atoms with E-state index >= 15 is 0 Å². The lowest BCUT2D eigenvalue weighted by Gasteiger charge is -2.03. The van der Waals surface area contributed by atoms with Gasteiger partial charge < -0.3 is 0 Å². The Morgan fingerprint density at radius 3 is 2.61 bits per heavy atom. The fourth-order valence-corrected chi connectivity index (χ4v) is 3.23. The molecule has 140 valence electrons. The SMILES string of the molecule is Cc1nn(-c2ccccc2)c(Cl)c1C=Nn1c(-c2ccccc2F)n[nH]c1=S. The Hall–Kier alpha value is -3.10. The van der Waals surface area contributed by atoms with Crippen molar-refractivity contribution in [2.24, 2.45) is 5.10 Å². The van der Waals surface area contributed by atoms with Gasteiger partial charge in [0.2, 0.25) is 4.77 Å². The zero-order valence-electron chi connectivity index (χ0n) is 14.7. The summed E-state index contributed by atoms with van der Waals surface area (Å²) in [6, 6.07) is 15.8. The Bertz CT molecular complexity index is 1220. The molecule has 0 unspecified atom stereocenters. The smallest absolute Gasteiger partial charge is 0.216 e. The molecule has 0 amide bonds. The maximum atomic E-state index is 14.2. The largest absolute Gasteiger partial charge is 0.250 e. The van der Waals surface area contributed by atoms with Gasteiger partial charge in [0.25, 0.3) is 0 Å². The molecule has 0 radical (unpaired) electrons. The molecule has 2 aromatic heterocycles. The van der Waals surface area contributed by atoms with Crippen LogP contribution in [0.5, 0.6) is 0 Å². The molecule has 0 aliphatic rings. The minimum Gasteiger partial charge on any atom is -0.250 e. The number of nitrogens with one attached hydrogen (secondary N) is 1. The van der Waals surface area contributed by atoms with Crippen molar-refractivity contribution in [3.05, 3.63) is 81.6 Å². The van der Waals surface area contributed by atoms with E-state index in [1.165, 1.54) is 10.7 Å². The fraction of sp³-hybridized carbons (Fsp3) is 0.0526. The third kappa shape index (κ3) is 3.28. The van der Waals surface area contributed by atoms with E-state index in [0.717, 1.165) is 5.69 Å². The van der Waals surface area contributed by atoms with Crippen LogP contribution < -0.4 is 0 Å². The molecule has 2 heterocycles. The molecule has 28 heavy (non-hydrogen) atoms. The van der Waals surface area contributed by atoms with E-state index in [1.807, 2.05) is 37.3 Å². The monoisotopic (exact) mass is 412 g/mol. The molecule has 0 bridgehead atoms. The van der Waals surface area contributed by atoms with Gasteiger partial charge in [0.1, 0.15) is 11.0 Å². The van der Waals surface area contributed by atoms with E-state index in [-0.39, 0.29) is 16.2 Å². The molecular formula is C19H14ClFN6S. The Morgan fingerprint density at radius 2 is 1.86 bits per heavy atom. The molecule has 0 fully saturated rings. The van der Waals surface area contributed by atoms with Gasteiger partial charge in [0.05, 0.1) is 28.7 Å². The number of aromatic amines is 1. The van der Waals surface area contributed by atoms with E-state index in [4.69, 9.17) is 23.8 Å². The van der Waals surface area contributed by atoms with Crippen molar-refractivity contribution in [2.75, 3.05) is 0 Å². The highest BCUT2D eigenvalue weighted by Gasteiger charge is 2.15. The quantitative estimate of drug-likeness (QED) is 0.387. The van der Waals surface area contributed by atoms with Gasteiger partial charge in [-0.2, -0.15) is 20.0 Å². The zero-order valence-corrected chi connectivity index (χ0v) is 16.2. The second-order valence-corrected chi connectivity index (χ2v) is 6.67. The summed E-state index contributed by atoms with van der Waals surface area (Å²) in [5.41, 5.74) is 2.45. The highest BCUT2D eigenvalue weighted by molar-refractivity contribution is 7.71. The van der Waals surface area contributed by atoms with Crippen molar-refractivity contribution in [1.82, 2.24) is 24.7 Å². The average Bonchev–Trinajstić information content (AvgIpc) is 3.20. The predicted octanol–water partition coefficient (Wildman–Crippen LogP) is 4.78. The summed E-state index contributed by atoms with van der Waals surface area (Å²) in [7, 11) is 0. The first-order valence-corrected chi connectivity index (χ1v) is 9.12. The summed E-state index contributed by atoms with van der Waals surface area (Å²) >= 11 is 11.8. The summed E-state index contributed by atoms with van der Waals surface area (Å²) in [6.45, 7) is 1.83. The van der Waals surface area contributed by atoms with Crippen LogP contribution in [0, 0.1) is 17.5 Å². The fourth-order valence-electron chi connectivity index (χ4n) is 2.73. The lowest BCUT2D eigenvalue weighted by Crippen LogP contribution is -1.98. The molecule has 0 saturated carbocycles. The first-order chi connectivity index (χ1) is 13.6. The van der Waals surface area contributed by atoms with Crippen molar-refractivity contribution >= 4 is 30.0 Å². The molecule has 0 saturated heterocycles. The Labute approximate surface area is 169 Å². The van der Waals surface area contributed by atoms with Gasteiger partial charge in [0, 0.05) is 0 Å². The number of para-hydroxylation sites is 1. The number of halogens is 2. The number of H-pyrrole nitrogens is 1. The topological polar surface area (TPSA) is 63.8 Å². The van der Waals surface area contributed by atoms with Crippen molar-refractivity contribution in [2.45, 2.75) is 6.92 Å². The van der Waals surface area contributed by atoms with E-state index < -0.39 is 5.82 Å². The first kappa shape index (κ1) is 18.3. The van der Waals surface area contributed by atoms with Gasteiger partial charge >= 0.3 is 0 Å². The molecular weight excluding hydrogens is 399 g/mol. The molecule has 0 atom stereocenters. The van der Waals surface area contributed by atoms with Crippen molar-refractivity contribution < 1.29 is 4.39 Å². The lowest BCUT2D eigenvalue weighted by molar-refractivity contribution is 0.628. The van der Waals surface area contributed by atoms with Crippen LogP contribution in [0.3, 0.4) is 0 Å². The van der Waals surface area contributed by atoms with E-state index in [0.29, 0.717) is 16.4 Å². The summed E-state index contributed by atoms with van der Waals surface area (Å²) in [6.07, 6.45) is 1.54. The third-order valence-corrected chi connectivity index (χ3v) is 4.74. The Morgan fingerprint density at radius 1 is 1.14 bits per heavy atom. The standard InChI is InChI=1S/C19H14ClFN6S/c1-12-15(17(20)26(25-12)13-7-3-2-4-8-13)11-22-27-18(23-24-19(27)28)14-9-5-6-10-16(14)21/h2-11H,1H3,(H,24,28). The molecule has 4 aromatic rings. The van der Waals surface area contributed by atoms with E-state index in [2.05, 4.69) is 20.4 Å². The normalized spacial score (nSPS) is 11.4. The number of aromatic nitrogens is 5. The number of aryl methyl sites for hydroxylation is 1.